The van der Waals surface area contributed by atoms with Crippen LogP contribution in [0.1, 0.15) is 43.1 Å². The minimum Gasteiger partial charge on any atom is -0.381 e. The molecule has 1 atom stereocenters. The van der Waals surface area contributed by atoms with Crippen molar-refractivity contribution in [3.05, 3.63) is 40.3 Å². The fourth-order valence-electron chi connectivity index (χ4n) is 3.13. The van der Waals surface area contributed by atoms with Crippen LogP contribution in [0, 0.1) is 5.92 Å². The lowest BCUT2D eigenvalue weighted by Gasteiger charge is -2.13. The van der Waals surface area contributed by atoms with E-state index in [2.05, 4.69) is 17.3 Å². The van der Waals surface area contributed by atoms with Gasteiger partial charge in [-0.3, -0.25) is 9.59 Å². The summed E-state index contributed by atoms with van der Waals surface area (Å²) in [6.07, 6.45) is 3.94. The lowest BCUT2D eigenvalue weighted by Crippen LogP contribution is -2.33. The third-order valence-corrected chi connectivity index (χ3v) is 4.63. The number of nitrogens with one attached hydrogen (secondary N) is 1. The maximum atomic E-state index is 12.7. The van der Waals surface area contributed by atoms with Crippen molar-refractivity contribution in [2.45, 2.75) is 39.2 Å². The van der Waals surface area contributed by atoms with E-state index in [-0.39, 0.29) is 11.5 Å². The van der Waals surface area contributed by atoms with Gasteiger partial charge in [0.1, 0.15) is 0 Å². The first kappa shape index (κ1) is 17.6. The summed E-state index contributed by atoms with van der Waals surface area (Å²) in [6, 6.07) is 7.19. The number of fused-ring (bicyclic) bond motifs is 1. The molecule has 1 saturated heterocycles. The number of amides is 1. The van der Waals surface area contributed by atoms with Crippen molar-refractivity contribution in [1.29, 1.82) is 0 Å². The minimum atomic E-state index is -0.229. The van der Waals surface area contributed by atoms with Crippen LogP contribution in [-0.2, 0) is 11.3 Å². The lowest BCUT2D eigenvalue weighted by molar-refractivity contribution is 0.0939. The molecule has 2 aromatic rings. The second-order valence-electron chi connectivity index (χ2n) is 6.57. The molecule has 0 unspecified atom stereocenters. The van der Waals surface area contributed by atoms with E-state index in [1.165, 1.54) is 4.68 Å². The Hall–Kier alpha value is -2.21. The number of rotatable bonds is 7. The van der Waals surface area contributed by atoms with Gasteiger partial charge in [0.25, 0.3) is 11.5 Å². The van der Waals surface area contributed by atoms with Gasteiger partial charge in [0.15, 0.2) is 5.69 Å². The van der Waals surface area contributed by atoms with Crippen molar-refractivity contribution >= 4 is 16.7 Å². The smallest absolute Gasteiger partial charge is 0.274 e. The Morgan fingerprint density at radius 1 is 1.32 bits per heavy atom. The van der Waals surface area contributed by atoms with Crippen molar-refractivity contribution < 1.29 is 9.53 Å². The zero-order valence-corrected chi connectivity index (χ0v) is 14.7. The number of benzene rings is 1. The van der Waals surface area contributed by atoms with Crippen LogP contribution >= 0.6 is 0 Å². The maximum absolute atomic E-state index is 12.7. The summed E-state index contributed by atoms with van der Waals surface area (Å²) < 4.78 is 6.78. The van der Waals surface area contributed by atoms with Crippen molar-refractivity contribution in [1.82, 2.24) is 15.1 Å². The normalized spacial score (nSPS) is 17.1. The highest BCUT2D eigenvalue weighted by Crippen LogP contribution is 2.15. The predicted molar refractivity (Wildman–Crippen MR) is 96.8 cm³/mol. The van der Waals surface area contributed by atoms with Gasteiger partial charge in [0.2, 0.25) is 0 Å². The second-order valence-corrected chi connectivity index (χ2v) is 6.57. The van der Waals surface area contributed by atoms with E-state index in [0.717, 1.165) is 32.3 Å². The van der Waals surface area contributed by atoms with Crippen molar-refractivity contribution in [3.63, 3.8) is 0 Å². The maximum Gasteiger partial charge on any atom is 0.274 e. The van der Waals surface area contributed by atoms with Gasteiger partial charge in [0.05, 0.1) is 12.0 Å². The van der Waals surface area contributed by atoms with E-state index in [0.29, 0.717) is 42.1 Å². The van der Waals surface area contributed by atoms with Gasteiger partial charge in [-0.15, -0.1) is 0 Å². The molecule has 2 heterocycles. The van der Waals surface area contributed by atoms with E-state index >= 15 is 0 Å². The van der Waals surface area contributed by atoms with E-state index in [1.54, 1.807) is 12.1 Å². The molecular weight excluding hydrogens is 318 g/mol. The van der Waals surface area contributed by atoms with E-state index in [4.69, 9.17) is 4.74 Å². The molecule has 6 nitrogen and oxygen atoms in total. The van der Waals surface area contributed by atoms with Crippen molar-refractivity contribution in [3.8, 4) is 0 Å². The van der Waals surface area contributed by atoms with E-state index in [9.17, 15) is 9.59 Å². The monoisotopic (exact) mass is 343 g/mol. The lowest BCUT2D eigenvalue weighted by atomic mass is 10.1. The standard InChI is InChI=1S/C19H25N3O3/c1-2-3-6-10-22-19(24)16-8-5-4-7-15(16)17(21-22)18(23)20-12-14-9-11-25-13-14/h4-5,7-8,14H,2-3,6,9-13H2,1H3,(H,20,23)/t14-/m1/s1. The Bertz CT molecular complexity index is 794. The number of aryl methyl sites for hydroxylation is 1. The summed E-state index contributed by atoms with van der Waals surface area (Å²) in [6.45, 7) is 4.66. The molecule has 0 spiro atoms. The molecule has 1 aromatic heterocycles. The Labute approximate surface area is 147 Å². The van der Waals surface area contributed by atoms with Crippen LogP contribution in [0.15, 0.2) is 29.1 Å². The fraction of sp³-hybridized carbons (Fsp3) is 0.526. The van der Waals surface area contributed by atoms with Gasteiger partial charge >= 0.3 is 0 Å². The molecular formula is C19H25N3O3. The summed E-state index contributed by atoms with van der Waals surface area (Å²) in [5, 5.41) is 8.48. The number of ether oxygens (including phenoxy) is 1. The highest BCUT2D eigenvalue weighted by molar-refractivity contribution is 6.04. The molecule has 1 N–H and O–H groups in total. The fourth-order valence-corrected chi connectivity index (χ4v) is 3.13. The van der Waals surface area contributed by atoms with Gasteiger partial charge in [-0.1, -0.05) is 38.0 Å². The van der Waals surface area contributed by atoms with E-state index in [1.807, 2.05) is 12.1 Å². The molecule has 1 aliphatic heterocycles. The average molecular weight is 343 g/mol. The van der Waals surface area contributed by atoms with Gasteiger partial charge in [0, 0.05) is 31.0 Å². The van der Waals surface area contributed by atoms with Crippen LogP contribution in [0.3, 0.4) is 0 Å². The molecule has 1 fully saturated rings. The number of carbonyl (C=O) groups excluding carboxylic acids is 1. The molecule has 6 heteroatoms. The van der Waals surface area contributed by atoms with Gasteiger partial charge in [-0.25, -0.2) is 4.68 Å². The second kappa shape index (κ2) is 8.25. The number of aromatic nitrogens is 2. The van der Waals surface area contributed by atoms with Gasteiger partial charge < -0.3 is 10.1 Å². The summed E-state index contributed by atoms with van der Waals surface area (Å²) in [5.74, 6) is 0.123. The van der Waals surface area contributed by atoms with Gasteiger partial charge in [-0.2, -0.15) is 5.10 Å². The Kier molecular flexibility index (Phi) is 5.81. The summed E-state index contributed by atoms with van der Waals surface area (Å²) in [5.41, 5.74) is 0.193. The Balaban J connectivity index is 1.87. The van der Waals surface area contributed by atoms with Gasteiger partial charge in [-0.05, 0) is 18.9 Å². The third-order valence-electron chi connectivity index (χ3n) is 4.63. The molecule has 1 aliphatic rings. The zero-order chi connectivity index (χ0) is 17.6. The number of carbonyl (C=O) groups is 1. The first-order chi connectivity index (χ1) is 12.2. The minimum absolute atomic E-state index is 0.132. The van der Waals surface area contributed by atoms with Crippen LogP contribution in [0.5, 0.6) is 0 Å². The summed E-state index contributed by atoms with van der Waals surface area (Å²) in [4.78, 5) is 25.3. The molecule has 0 aliphatic carbocycles. The zero-order valence-electron chi connectivity index (χ0n) is 14.7. The molecule has 0 radical (unpaired) electrons. The van der Waals surface area contributed by atoms with Crippen LogP contribution in [-0.4, -0.2) is 35.4 Å². The SMILES string of the molecule is CCCCCn1nc(C(=O)NC[C@H]2CCOC2)c2ccccc2c1=O. The van der Waals surface area contributed by atoms with Crippen LogP contribution in [0.4, 0.5) is 0 Å². The van der Waals surface area contributed by atoms with Crippen molar-refractivity contribution in [2.75, 3.05) is 19.8 Å². The largest absolute Gasteiger partial charge is 0.381 e. The Morgan fingerprint density at radius 3 is 2.84 bits per heavy atom. The molecule has 3 rings (SSSR count). The average Bonchev–Trinajstić information content (AvgIpc) is 3.15. The Morgan fingerprint density at radius 2 is 2.12 bits per heavy atom. The molecule has 1 amide bonds. The number of hydrogen-bond donors (Lipinski definition) is 1. The quantitative estimate of drug-likeness (QED) is 0.783. The van der Waals surface area contributed by atoms with Crippen molar-refractivity contribution in [2.24, 2.45) is 5.92 Å². The molecule has 0 bridgehead atoms. The number of unbranched alkanes of at least 4 members (excludes halogenated alkanes) is 2. The highest BCUT2D eigenvalue weighted by Gasteiger charge is 2.20. The van der Waals surface area contributed by atoms with E-state index < -0.39 is 0 Å². The molecule has 1 aromatic carbocycles. The first-order valence-corrected chi connectivity index (χ1v) is 9.06. The highest BCUT2D eigenvalue weighted by atomic mass is 16.5. The summed E-state index contributed by atoms with van der Waals surface area (Å²) in [7, 11) is 0. The first-order valence-electron chi connectivity index (χ1n) is 9.06. The van der Waals surface area contributed by atoms with Crippen LogP contribution < -0.4 is 10.9 Å². The predicted octanol–water partition coefficient (Wildman–Crippen LogP) is 2.35. The number of hydrogen-bond acceptors (Lipinski definition) is 4. The molecule has 0 saturated carbocycles. The molecule has 25 heavy (non-hydrogen) atoms. The third kappa shape index (κ3) is 4.07. The van der Waals surface area contributed by atoms with Crippen LogP contribution in [0.25, 0.3) is 10.8 Å². The molecule has 134 valence electrons. The van der Waals surface area contributed by atoms with Crippen LogP contribution in [0.2, 0.25) is 0 Å². The summed E-state index contributed by atoms with van der Waals surface area (Å²) >= 11 is 0. The number of nitrogens with zero attached hydrogens (tertiary/aromatic N) is 2. The topological polar surface area (TPSA) is 73.2 Å².